The minimum absolute atomic E-state index is 0.104. The van der Waals surface area contributed by atoms with Gasteiger partial charge in [0.2, 0.25) is 0 Å². The lowest BCUT2D eigenvalue weighted by atomic mass is 10.0. The molecule has 5 heteroatoms. The van der Waals surface area contributed by atoms with Crippen molar-refractivity contribution in [2.24, 2.45) is 0 Å². The molecule has 0 saturated carbocycles. The Morgan fingerprint density at radius 2 is 2.21 bits per heavy atom. The smallest absolute Gasteiger partial charge is 0.251 e. The molecule has 2 rings (SSSR count). The summed E-state index contributed by atoms with van der Waals surface area (Å²) in [5.74, 6) is -0.104. The van der Waals surface area contributed by atoms with E-state index in [0.29, 0.717) is 12.1 Å². The summed E-state index contributed by atoms with van der Waals surface area (Å²) in [6.07, 6.45) is 1.71. The molecule has 19 heavy (non-hydrogen) atoms. The molecule has 0 radical (unpaired) electrons. The summed E-state index contributed by atoms with van der Waals surface area (Å²) in [5, 5.41) is 6.12. The summed E-state index contributed by atoms with van der Waals surface area (Å²) < 4.78 is 10.1. The molecule has 0 saturated heterocycles. The molecule has 0 aromatic heterocycles. The quantitative estimate of drug-likeness (QED) is 0.789. The highest BCUT2D eigenvalue weighted by molar-refractivity contribution is 5.95. The van der Waals surface area contributed by atoms with Crippen molar-refractivity contribution in [3.63, 3.8) is 0 Å². The topological polar surface area (TPSA) is 59.6 Å². The van der Waals surface area contributed by atoms with Gasteiger partial charge in [-0.2, -0.15) is 0 Å². The predicted molar refractivity (Wildman–Crippen MR) is 73.4 cm³/mol. The number of hydrogen-bond donors (Lipinski definition) is 2. The number of amides is 1. The van der Waals surface area contributed by atoms with E-state index in [1.807, 2.05) is 18.2 Å². The number of benzene rings is 1. The van der Waals surface area contributed by atoms with Crippen LogP contribution in [-0.2, 0) is 15.9 Å². The molecule has 0 aliphatic carbocycles. The van der Waals surface area contributed by atoms with Crippen LogP contribution in [0.4, 0.5) is 5.69 Å². The summed E-state index contributed by atoms with van der Waals surface area (Å²) in [4.78, 5) is 12.0. The number of anilines is 1. The van der Waals surface area contributed by atoms with Gasteiger partial charge in [-0.1, -0.05) is 0 Å². The SMILES string of the molecule is COC(CNC(=O)c1ccc2c(c1)CCCN2)OC. The van der Waals surface area contributed by atoms with Crippen molar-refractivity contribution in [2.45, 2.75) is 19.1 Å². The Morgan fingerprint density at radius 1 is 1.42 bits per heavy atom. The summed E-state index contributed by atoms with van der Waals surface area (Å²) in [7, 11) is 3.09. The molecule has 5 nitrogen and oxygen atoms in total. The molecule has 0 atom stereocenters. The van der Waals surface area contributed by atoms with Gasteiger partial charge in [0.05, 0.1) is 6.54 Å². The lowest BCUT2D eigenvalue weighted by molar-refractivity contribution is -0.0974. The third-order valence-corrected chi connectivity index (χ3v) is 3.26. The van der Waals surface area contributed by atoms with Gasteiger partial charge in [-0.3, -0.25) is 4.79 Å². The van der Waals surface area contributed by atoms with Crippen molar-refractivity contribution >= 4 is 11.6 Å². The van der Waals surface area contributed by atoms with Crippen LogP contribution in [0.3, 0.4) is 0 Å². The minimum atomic E-state index is -0.414. The standard InChI is InChI=1S/C14H20N2O3/c1-18-13(19-2)9-16-14(17)11-5-6-12-10(8-11)4-3-7-15-12/h5-6,8,13,15H,3-4,7,9H2,1-2H3,(H,16,17). The van der Waals surface area contributed by atoms with Crippen LogP contribution in [0.25, 0.3) is 0 Å². The highest BCUT2D eigenvalue weighted by Crippen LogP contribution is 2.22. The first kappa shape index (κ1) is 13.8. The maximum Gasteiger partial charge on any atom is 0.251 e. The van der Waals surface area contributed by atoms with Crippen LogP contribution in [0.2, 0.25) is 0 Å². The second-order valence-electron chi connectivity index (χ2n) is 4.51. The second-order valence-corrected chi connectivity index (χ2v) is 4.51. The number of hydrogen-bond acceptors (Lipinski definition) is 4. The molecule has 0 unspecified atom stereocenters. The third kappa shape index (κ3) is 3.45. The molecule has 1 aliphatic heterocycles. The zero-order chi connectivity index (χ0) is 13.7. The number of aryl methyl sites for hydroxylation is 1. The van der Waals surface area contributed by atoms with E-state index in [2.05, 4.69) is 10.6 Å². The fourth-order valence-corrected chi connectivity index (χ4v) is 2.16. The van der Waals surface area contributed by atoms with E-state index < -0.39 is 6.29 Å². The summed E-state index contributed by atoms with van der Waals surface area (Å²) >= 11 is 0. The van der Waals surface area contributed by atoms with E-state index in [9.17, 15) is 4.79 Å². The normalized spacial score (nSPS) is 13.8. The molecule has 0 spiro atoms. The Labute approximate surface area is 113 Å². The molecule has 0 bridgehead atoms. The van der Waals surface area contributed by atoms with Gasteiger partial charge in [-0.05, 0) is 36.6 Å². The maximum atomic E-state index is 12.0. The van der Waals surface area contributed by atoms with Gasteiger partial charge in [-0.15, -0.1) is 0 Å². The molecule has 1 heterocycles. The first-order chi connectivity index (χ1) is 9.24. The number of methoxy groups -OCH3 is 2. The predicted octanol–water partition coefficient (Wildman–Crippen LogP) is 1.39. The number of carbonyl (C=O) groups excluding carboxylic acids is 1. The first-order valence-electron chi connectivity index (χ1n) is 6.45. The number of ether oxygens (including phenoxy) is 2. The first-order valence-corrected chi connectivity index (χ1v) is 6.45. The Morgan fingerprint density at radius 3 is 2.95 bits per heavy atom. The van der Waals surface area contributed by atoms with Gasteiger partial charge in [-0.25, -0.2) is 0 Å². The van der Waals surface area contributed by atoms with Crippen molar-refractivity contribution < 1.29 is 14.3 Å². The van der Waals surface area contributed by atoms with Crippen molar-refractivity contribution in [2.75, 3.05) is 32.6 Å². The van der Waals surface area contributed by atoms with E-state index >= 15 is 0 Å². The van der Waals surface area contributed by atoms with Crippen LogP contribution in [0, 0.1) is 0 Å². The number of rotatable bonds is 5. The van der Waals surface area contributed by atoms with E-state index in [4.69, 9.17) is 9.47 Å². The fourth-order valence-electron chi connectivity index (χ4n) is 2.16. The van der Waals surface area contributed by atoms with Crippen LogP contribution in [0.15, 0.2) is 18.2 Å². The summed E-state index contributed by atoms with van der Waals surface area (Å²) in [6, 6.07) is 5.75. The average molecular weight is 264 g/mol. The molecule has 1 aromatic rings. The van der Waals surface area contributed by atoms with Crippen molar-refractivity contribution in [1.82, 2.24) is 5.32 Å². The lowest BCUT2D eigenvalue weighted by Gasteiger charge is -2.19. The fraction of sp³-hybridized carbons (Fsp3) is 0.500. The van der Waals surface area contributed by atoms with Gasteiger partial charge in [0.15, 0.2) is 6.29 Å². The van der Waals surface area contributed by atoms with Gasteiger partial charge in [0.1, 0.15) is 0 Å². The number of fused-ring (bicyclic) bond motifs is 1. The van der Waals surface area contributed by atoms with Gasteiger partial charge in [0, 0.05) is 32.0 Å². The highest BCUT2D eigenvalue weighted by Gasteiger charge is 2.13. The highest BCUT2D eigenvalue weighted by atomic mass is 16.7. The van der Waals surface area contributed by atoms with Crippen LogP contribution in [0.1, 0.15) is 22.3 Å². The minimum Gasteiger partial charge on any atom is -0.385 e. The van der Waals surface area contributed by atoms with Crippen LogP contribution < -0.4 is 10.6 Å². The largest absolute Gasteiger partial charge is 0.385 e. The lowest BCUT2D eigenvalue weighted by Crippen LogP contribution is -2.34. The zero-order valence-corrected chi connectivity index (χ0v) is 11.4. The number of nitrogens with one attached hydrogen (secondary N) is 2. The van der Waals surface area contributed by atoms with E-state index in [-0.39, 0.29) is 5.91 Å². The van der Waals surface area contributed by atoms with Crippen LogP contribution >= 0.6 is 0 Å². The van der Waals surface area contributed by atoms with E-state index in [0.717, 1.165) is 25.1 Å². The van der Waals surface area contributed by atoms with Gasteiger partial charge < -0.3 is 20.1 Å². The monoisotopic (exact) mass is 264 g/mol. The molecular weight excluding hydrogens is 244 g/mol. The Bertz CT molecular complexity index is 444. The van der Waals surface area contributed by atoms with Crippen molar-refractivity contribution in [3.05, 3.63) is 29.3 Å². The molecule has 1 aromatic carbocycles. The Kier molecular flexibility index (Phi) is 4.76. The molecule has 1 amide bonds. The summed E-state index contributed by atoms with van der Waals surface area (Å²) in [5.41, 5.74) is 3.01. The average Bonchev–Trinajstić information content (AvgIpc) is 2.47. The van der Waals surface area contributed by atoms with Crippen LogP contribution in [0.5, 0.6) is 0 Å². The van der Waals surface area contributed by atoms with E-state index in [1.54, 1.807) is 14.2 Å². The van der Waals surface area contributed by atoms with Crippen LogP contribution in [-0.4, -0.2) is 39.5 Å². The zero-order valence-electron chi connectivity index (χ0n) is 11.4. The molecular formula is C14H20N2O3. The second kappa shape index (κ2) is 6.54. The Balaban J connectivity index is 1.99. The van der Waals surface area contributed by atoms with Gasteiger partial charge >= 0.3 is 0 Å². The van der Waals surface area contributed by atoms with E-state index in [1.165, 1.54) is 5.56 Å². The number of carbonyl (C=O) groups is 1. The van der Waals surface area contributed by atoms with Crippen molar-refractivity contribution in [1.29, 1.82) is 0 Å². The molecule has 1 aliphatic rings. The summed E-state index contributed by atoms with van der Waals surface area (Å²) in [6.45, 7) is 1.34. The maximum absolute atomic E-state index is 12.0. The molecule has 2 N–H and O–H groups in total. The van der Waals surface area contributed by atoms with Gasteiger partial charge in [0.25, 0.3) is 5.91 Å². The molecule has 104 valence electrons. The Hall–Kier alpha value is -1.59. The molecule has 0 fully saturated rings. The third-order valence-electron chi connectivity index (χ3n) is 3.26. The van der Waals surface area contributed by atoms with Crippen molar-refractivity contribution in [3.8, 4) is 0 Å².